The number of anilines is 1. The lowest BCUT2D eigenvalue weighted by Crippen LogP contribution is -2.30. The van der Waals surface area contributed by atoms with Crippen LogP contribution in [0.3, 0.4) is 0 Å². The van der Waals surface area contributed by atoms with E-state index in [4.69, 9.17) is 0 Å². The zero-order valence-electron chi connectivity index (χ0n) is 12.7. The SMILES string of the molecule is CNC(=O)c1ccc(NC(=O)CC2CCNCC2)c(C)c1. The first-order chi connectivity index (χ1) is 10.1. The summed E-state index contributed by atoms with van der Waals surface area (Å²) in [5.41, 5.74) is 2.28. The second-order valence-electron chi connectivity index (χ2n) is 5.55. The van der Waals surface area contributed by atoms with E-state index in [-0.39, 0.29) is 11.8 Å². The molecule has 1 fully saturated rings. The highest BCUT2D eigenvalue weighted by Gasteiger charge is 2.17. The molecule has 1 aromatic rings. The fourth-order valence-corrected chi connectivity index (χ4v) is 2.64. The Bertz CT molecular complexity index is 522. The average molecular weight is 289 g/mol. The van der Waals surface area contributed by atoms with Gasteiger partial charge in [0.1, 0.15) is 0 Å². The van der Waals surface area contributed by atoms with Crippen molar-refractivity contribution < 1.29 is 9.59 Å². The second-order valence-corrected chi connectivity index (χ2v) is 5.55. The van der Waals surface area contributed by atoms with E-state index in [2.05, 4.69) is 16.0 Å². The lowest BCUT2D eigenvalue weighted by molar-refractivity contribution is -0.117. The van der Waals surface area contributed by atoms with Gasteiger partial charge in [0, 0.05) is 24.7 Å². The third-order valence-electron chi connectivity index (χ3n) is 3.92. The van der Waals surface area contributed by atoms with Gasteiger partial charge in [0.15, 0.2) is 0 Å². The van der Waals surface area contributed by atoms with Crippen LogP contribution >= 0.6 is 0 Å². The lowest BCUT2D eigenvalue weighted by atomic mass is 9.94. The van der Waals surface area contributed by atoms with Crippen LogP contribution in [0.5, 0.6) is 0 Å². The number of carbonyl (C=O) groups excluding carboxylic acids is 2. The normalized spacial score (nSPS) is 15.5. The summed E-state index contributed by atoms with van der Waals surface area (Å²) in [6, 6.07) is 5.31. The molecule has 1 heterocycles. The van der Waals surface area contributed by atoms with Gasteiger partial charge in [-0.2, -0.15) is 0 Å². The Morgan fingerprint density at radius 3 is 2.62 bits per heavy atom. The van der Waals surface area contributed by atoms with E-state index in [1.807, 2.05) is 6.92 Å². The molecule has 2 amide bonds. The molecular weight excluding hydrogens is 266 g/mol. The van der Waals surface area contributed by atoms with Gasteiger partial charge in [0.05, 0.1) is 0 Å². The van der Waals surface area contributed by atoms with Gasteiger partial charge in [0.2, 0.25) is 5.91 Å². The van der Waals surface area contributed by atoms with E-state index in [0.717, 1.165) is 37.2 Å². The Morgan fingerprint density at radius 2 is 2.00 bits per heavy atom. The Balaban J connectivity index is 1.95. The highest BCUT2D eigenvalue weighted by atomic mass is 16.2. The molecule has 0 bridgehead atoms. The summed E-state index contributed by atoms with van der Waals surface area (Å²) in [6.45, 7) is 3.89. The quantitative estimate of drug-likeness (QED) is 0.790. The molecule has 1 aliphatic rings. The van der Waals surface area contributed by atoms with E-state index in [1.165, 1.54) is 0 Å². The van der Waals surface area contributed by atoms with Gasteiger partial charge >= 0.3 is 0 Å². The molecule has 0 radical (unpaired) electrons. The summed E-state index contributed by atoms with van der Waals surface area (Å²) in [5.74, 6) is 0.403. The largest absolute Gasteiger partial charge is 0.355 e. The first-order valence-corrected chi connectivity index (χ1v) is 7.43. The van der Waals surface area contributed by atoms with E-state index < -0.39 is 0 Å². The molecule has 1 aromatic carbocycles. The van der Waals surface area contributed by atoms with Crippen LogP contribution < -0.4 is 16.0 Å². The van der Waals surface area contributed by atoms with Gasteiger partial charge in [-0.25, -0.2) is 0 Å². The Morgan fingerprint density at radius 1 is 1.29 bits per heavy atom. The number of benzene rings is 1. The van der Waals surface area contributed by atoms with E-state index in [1.54, 1.807) is 25.2 Å². The summed E-state index contributed by atoms with van der Waals surface area (Å²) in [7, 11) is 1.60. The molecule has 1 aliphatic heterocycles. The fourth-order valence-electron chi connectivity index (χ4n) is 2.64. The summed E-state index contributed by atoms with van der Waals surface area (Å²) in [6.07, 6.45) is 2.68. The van der Waals surface area contributed by atoms with Gasteiger partial charge in [-0.15, -0.1) is 0 Å². The molecule has 5 nitrogen and oxygen atoms in total. The standard InChI is InChI=1S/C16H23N3O2/c1-11-9-13(16(21)17-2)3-4-14(11)19-15(20)10-12-5-7-18-8-6-12/h3-4,9,12,18H,5-8,10H2,1-2H3,(H,17,21)(H,19,20). The number of nitrogens with one attached hydrogen (secondary N) is 3. The van der Waals surface area contributed by atoms with E-state index >= 15 is 0 Å². The molecule has 0 spiro atoms. The molecule has 0 atom stereocenters. The van der Waals surface area contributed by atoms with Crippen molar-refractivity contribution in [3.63, 3.8) is 0 Å². The van der Waals surface area contributed by atoms with Gasteiger partial charge in [-0.3, -0.25) is 9.59 Å². The van der Waals surface area contributed by atoms with Crippen molar-refractivity contribution in [1.29, 1.82) is 0 Å². The molecule has 3 N–H and O–H groups in total. The molecule has 1 saturated heterocycles. The van der Waals surface area contributed by atoms with Crippen molar-refractivity contribution >= 4 is 17.5 Å². The Kier molecular flexibility index (Phi) is 5.33. The smallest absolute Gasteiger partial charge is 0.251 e. The minimum atomic E-state index is -0.120. The highest BCUT2D eigenvalue weighted by molar-refractivity contribution is 5.96. The number of aryl methyl sites for hydroxylation is 1. The third kappa shape index (κ3) is 4.29. The van der Waals surface area contributed by atoms with Crippen molar-refractivity contribution in [2.45, 2.75) is 26.2 Å². The minimum Gasteiger partial charge on any atom is -0.355 e. The topological polar surface area (TPSA) is 70.2 Å². The maximum Gasteiger partial charge on any atom is 0.251 e. The maximum atomic E-state index is 12.1. The van der Waals surface area contributed by atoms with Gasteiger partial charge in [0.25, 0.3) is 5.91 Å². The Labute approximate surface area is 125 Å². The number of hydrogen-bond acceptors (Lipinski definition) is 3. The van der Waals surface area contributed by atoms with Gasteiger partial charge < -0.3 is 16.0 Å². The van der Waals surface area contributed by atoms with Gasteiger partial charge in [-0.1, -0.05) is 0 Å². The molecular formula is C16H23N3O2. The zero-order chi connectivity index (χ0) is 15.2. The van der Waals surface area contributed by atoms with Crippen molar-refractivity contribution in [2.24, 2.45) is 5.92 Å². The molecule has 21 heavy (non-hydrogen) atoms. The summed E-state index contributed by atoms with van der Waals surface area (Å²) >= 11 is 0. The maximum absolute atomic E-state index is 12.1. The number of rotatable bonds is 4. The molecule has 0 saturated carbocycles. The molecule has 114 valence electrons. The average Bonchev–Trinajstić information content (AvgIpc) is 2.49. The van der Waals surface area contributed by atoms with Crippen LogP contribution in [0.2, 0.25) is 0 Å². The van der Waals surface area contributed by atoms with Crippen molar-refractivity contribution in [3.05, 3.63) is 29.3 Å². The zero-order valence-corrected chi connectivity index (χ0v) is 12.7. The van der Waals surface area contributed by atoms with Crippen LogP contribution in [0.25, 0.3) is 0 Å². The minimum absolute atomic E-state index is 0.0534. The summed E-state index contributed by atoms with van der Waals surface area (Å²) < 4.78 is 0. The van der Waals surface area contributed by atoms with Crippen molar-refractivity contribution in [2.75, 3.05) is 25.5 Å². The number of piperidine rings is 1. The van der Waals surface area contributed by atoms with Crippen LogP contribution in [0.15, 0.2) is 18.2 Å². The lowest BCUT2D eigenvalue weighted by Gasteiger charge is -2.22. The Hall–Kier alpha value is -1.88. The number of hydrogen-bond donors (Lipinski definition) is 3. The predicted molar refractivity (Wildman–Crippen MR) is 83.4 cm³/mol. The first-order valence-electron chi connectivity index (χ1n) is 7.43. The van der Waals surface area contributed by atoms with Crippen LogP contribution in [0.1, 0.15) is 35.2 Å². The fraction of sp³-hybridized carbons (Fsp3) is 0.500. The van der Waals surface area contributed by atoms with Crippen LogP contribution in [-0.2, 0) is 4.79 Å². The molecule has 2 rings (SSSR count). The van der Waals surface area contributed by atoms with Crippen LogP contribution in [-0.4, -0.2) is 32.0 Å². The monoisotopic (exact) mass is 289 g/mol. The molecule has 0 aromatic heterocycles. The van der Waals surface area contributed by atoms with Crippen molar-refractivity contribution in [3.8, 4) is 0 Å². The predicted octanol–water partition coefficient (Wildman–Crippen LogP) is 1.68. The van der Waals surface area contributed by atoms with E-state index in [9.17, 15) is 9.59 Å². The number of carbonyl (C=O) groups is 2. The van der Waals surface area contributed by atoms with Crippen LogP contribution in [0.4, 0.5) is 5.69 Å². The van der Waals surface area contributed by atoms with Crippen molar-refractivity contribution in [1.82, 2.24) is 10.6 Å². The molecule has 5 heteroatoms. The van der Waals surface area contributed by atoms with E-state index in [0.29, 0.717) is 17.9 Å². The van der Waals surface area contributed by atoms with Crippen LogP contribution in [0, 0.1) is 12.8 Å². The summed E-state index contributed by atoms with van der Waals surface area (Å²) in [5, 5.41) is 8.84. The molecule has 0 aliphatic carbocycles. The van der Waals surface area contributed by atoms with Gasteiger partial charge in [-0.05, 0) is 62.5 Å². The highest BCUT2D eigenvalue weighted by Crippen LogP contribution is 2.20. The summed E-state index contributed by atoms with van der Waals surface area (Å²) in [4.78, 5) is 23.7. The second kappa shape index (κ2) is 7.22. The molecule has 0 unspecified atom stereocenters. The third-order valence-corrected chi connectivity index (χ3v) is 3.92. The number of amides is 2. The first kappa shape index (κ1) is 15.5.